The van der Waals surface area contributed by atoms with Gasteiger partial charge in [0.15, 0.2) is 0 Å². The molecular formula is C10H21N3. The summed E-state index contributed by atoms with van der Waals surface area (Å²) in [4.78, 5) is 4.94. The van der Waals surface area contributed by atoms with Crippen molar-refractivity contribution in [3.05, 3.63) is 0 Å². The van der Waals surface area contributed by atoms with E-state index in [4.69, 9.17) is 5.73 Å². The molecule has 2 aliphatic rings. The molecule has 0 radical (unpaired) electrons. The molecule has 0 bridgehead atoms. The molecule has 1 saturated carbocycles. The van der Waals surface area contributed by atoms with Crippen LogP contribution >= 0.6 is 0 Å². The first-order chi connectivity index (χ1) is 6.12. The van der Waals surface area contributed by atoms with Gasteiger partial charge in [-0.15, -0.1) is 0 Å². The minimum absolute atomic E-state index is 0.163. The molecule has 2 N–H and O–H groups in total. The number of nitrogens with two attached hydrogens (primary N) is 1. The molecule has 1 aliphatic heterocycles. The maximum Gasteiger partial charge on any atom is 0.0310 e. The van der Waals surface area contributed by atoms with E-state index in [0.29, 0.717) is 6.04 Å². The standard InChI is InChI=1S/C10H21N3/c1-9(10(11)3-4-10)13-7-5-12(2)6-8-13/h9H,3-8,11H2,1-2H3. The Morgan fingerprint density at radius 1 is 1.15 bits per heavy atom. The number of likely N-dealkylation sites (N-methyl/N-ethyl adjacent to an activating group) is 1. The van der Waals surface area contributed by atoms with Crippen LogP contribution in [0.3, 0.4) is 0 Å². The lowest BCUT2D eigenvalue weighted by molar-refractivity contribution is 0.102. The van der Waals surface area contributed by atoms with E-state index in [2.05, 4.69) is 23.8 Å². The first kappa shape index (κ1) is 9.44. The van der Waals surface area contributed by atoms with Crippen molar-refractivity contribution in [3.8, 4) is 0 Å². The average Bonchev–Trinajstić information content (AvgIpc) is 2.85. The fourth-order valence-corrected chi connectivity index (χ4v) is 2.13. The highest BCUT2D eigenvalue weighted by Crippen LogP contribution is 2.38. The molecule has 1 aliphatic carbocycles. The van der Waals surface area contributed by atoms with Crippen LogP contribution in [0.25, 0.3) is 0 Å². The Morgan fingerprint density at radius 3 is 2.15 bits per heavy atom. The third-order valence-electron chi connectivity index (χ3n) is 3.74. The van der Waals surface area contributed by atoms with Gasteiger partial charge in [0.2, 0.25) is 0 Å². The van der Waals surface area contributed by atoms with Crippen LogP contribution in [-0.4, -0.2) is 54.6 Å². The van der Waals surface area contributed by atoms with Gasteiger partial charge in [-0.2, -0.15) is 0 Å². The Labute approximate surface area is 80.9 Å². The Morgan fingerprint density at radius 2 is 1.69 bits per heavy atom. The summed E-state index contributed by atoms with van der Waals surface area (Å²) in [5.41, 5.74) is 6.36. The van der Waals surface area contributed by atoms with Crippen LogP contribution in [0.15, 0.2) is 0 Å². The van der Waals surface area contributed by atoms with Crippen LogP contribution in [-0.2, 0) is 0 Å². The van der Waals surface area contributed by atoms with Gasteiger partial charge in [0.1, 0.15) is 0 Å². The molecule has 3 heteroatoms. The molecule has 1 heterocycles. The summed E-state index contributed by atoms with van der Waals surface area (Å²) < 4.78 is 0. The summed E-state index contributed by atoms with van der Waals surface area (Å²) in [5, 5.41) is 0. The molecule has 13 heavy (non-hydrogen) atoms. The fourth-order valence-electron chi connectivity index (χ4n) is 2.13. The van der Waals surface area contributed by atoms with E-state index in [1.807, 2.05) is 0 Å². The van der Waals surface area contributed by atoms with E-state index in [9.17, 15) is 0 Å². The molecule has 2 fully saturated rings. The van der Waals surface area contributed by atoms with Crippen molar-refractivity contribution < 1.29 is 0 Å². The molecule has 76 valence electrons. The van der Waals surface area contributed by atoms with Crippen LogP contribution < -0.4 is 5.73 Å². The quantitative estimate of drug-likeness (QED) is 0.660. The van der Waals surface area contributed by atoms with Gasteiger partial charge < -0.3 is 10.6 Å². The van der Waals surface area contributed by atoms with Gasteiger partial charge in [-0.25, -0.2) is 0 Å². The summed E-state index contributed by atoms with van der Waals surface area (Å²) in [6.45, 7) is 7.06. The van der Waals surface area contributed by atoms with Crippen LogP contribution in [0, 0.1) is 0 Å². The lowest BCUT2D eigenvalue weighted by Crippen LogP contribution is -2.54. The second kappa shape index (κ2) is 3.23. The number of hydrogen-bond donors (Lipinski definition) is 1. The van der Waals surface area contributed by atoms with Gasteiger partial charge in [0.25, 0.3) is 0 Å². The maximum atomic E-state index is 6.20. The normalized spacial score (nSPS) is 31.6. The number of rotatable bonds is 2. The topological polar surface area (TPSA) is 32.5 Å². The SMILES string of the molecule is CC(N1CCN(C)CC1)C1(N)CC1. The fraction of sp³-hybridized carbons (Fsp3) is 1.00. The monoisotopic (exact) mass is 183 g/mol. The lowest BCUT2D eigenvalue weighted by atomic mass is 10.1. The van der Waals surface area contributed by atoms with Gasteiger partial charge in [-0.1, -0.05) is 0 Å². The zero-order chi connectivity index (χ0) is 9.47. The van der Waals surface area contributed by atoms with E-state index in [-0.39, 0.29) is 5.54 Å². The van der Waals surface area contributed by atoms with E-state index in [1.165, 1.54) is 39.0 Å². The smallest absolute Gasteiger partial charge is 0.0310 e. The van der Waals surface area contributed by atoms with Crippen LogP contribution in [0.1, 0.15) is 19.8 Å². The Hall–Kier alpha value is -0.120. The van der Waals surface area contributed by atoms with Gasteiger partial charge in [0.05, 0.1) is 0 Å². The molecule has 1 atom stereocenters. The van der Waals surface area contributed by atoms with Crippen molar-refractivity contribution in [1.82, 2.24) is 9.80 Å². The average molecular weight is 183 g/mol. The zero-order valence-electron chi connectivity index (χ0n) is 8.79. The summed E-state index contributed by atoms with van der Waals surface area (Å²) in [6.07, 6.45) is 2.45. The molecule has 3 nitrogen and oxygen atoms in total. The molecule has 0 aromatic heterocycles. The molecule has 1 saturated heterocycles. The van der Waals surface area contributed by atoms with E-state index in [0.717, 1.165) is 0 Å². The molecule has 0 spiro atoms. The van der Waals surface area contributed by atoms with Crippen molar-refractivity contribution >= 4 is 0 Å². The van der Waals surface area contributed by atoms with Crippen LogP contribution in [0.5, 0.6) is 0 Å². The van der Waals surface area contributed by atoms with Crippen LogP contribution in [0.4, 0.5) is 0 Å². The summed E-state index contributed by atoms with van der Waals surface area (Å²) >= 11 is 0. The molecule has 0 aromatic rings. The minimum atomic E-state index is 0.163. The predicted octanol–water partition coefficient (Wildman–Crippen LogP) is 0.114. The van der Waals surface area contributed by atoms with Crippen LogP contribution in [0.2, 0.25) is 0 Å². The van der Waals surface area contributed by atoms with E-state index >= 15 is 0 Å². The Kier molecular flexibility index (Phi) is 2.34. The number of piperazine rings is 1. The highest BCUT2D eigenvalue weighted by atomic mass is 15.3. The summed E-state index contributed by atoms with van der Waals surface area (Å²) in [5.74, 6) is 0. The summed E-state index contributed by atoms with van der Waals surface area (Å²) in [7, 11) is 2.19. The van der Waals surface area contributed by atoms with Gasteiger partial charge in [0, 0.05) is 37.8 Å². The van der Waals surface area contributed by atoms with Crippen molar-refractivity contribution in [2.24, 2.45) is 5.73 Å². The van der Waals surface area contributed by atoms with E-state index in [1.54, 1.807) is 0 Å². The Bertz CT molecular complexity index is 181. The molecule has 2 rings (SSSR count). The molecular weight excluding hydrogens is 162 g/mol. The maximum absolute atomic E-state index is 6.20. The second-order valence-corrected chi connectivity index (χ2v) is 4.75. The van der Waals surface area contributed by atoms with Crippen molar-refractivity contribution in [2.75, 3.05) is 33.2 Å². The van der Waals surface area contributed by atoms with Crippen molar-refractivity contribution in [2.45, 2.75) is 31.3 Å². The number of hydrogen-bond acceptors (Lipinski definition) is 3. The zero-order valence-corrected chi connectivity index (χ0v) is 8.79. The second-order valence-electron chi connectivity index (χ2n) is 4.75. The first-order valence-corrected chi connectivity index (χ1v) is 5.33. The highest BCUT2D eigenvalue weighted by Gasteiger charge is 2.45. The third-order valence-corrected chi connectivity index (χ3v) is 3.74. The van der Waals surface area contributed by atoms with Gasteiger partial charge >= 0.3 is 0 Å². The lowest BCUT2D eigenvalue weighted by Gasteiger charge is -2.39. The first-order valence-electron chi connectivity index (χ1n) is 5.33. The largest absolute Gasteiger partial charge is 0.324 e. The minimum Gasteiger partial charge on any atom is -0.324 e. The van der Waals surface area contributed by atoms with E-state index < -0.39 is 0 Å². The van der Waals surface area contributed by atoms with Gasteiger partial charge in [-0.3, -0.25) is 4.90 Å². The molecule has 0 amide bonds. The molecule has 0 aromatic carbocycles. The van der Waals surface area contributed by atoms with Crippen molar-refractivity contribution in [3.63, 3.8) is 0 Å². The highest BCUT2D eigenvalue weighted by molar-refractivity contribution is 5.07. The van der Waals surface area contributed by atoms with Crippen molar-refractivity contribution in [1.29, 1.82) is 0 Å². The summed E-state index contributed by atoms with van der Waals surface area (Å²) in [6, 6.07) is 0.584. The predicted molar refractivity (Wildman–Crippen MR) is 54.7 cm³/mol. The molecule has 1 unspecified atom stereocenters. The third kappa shape index (κ3) is 1.87. The Balaban J connectivity index is 1.87. The number of nitrogens with zero attached hydrogens (tertiary/aromatic N) is 2. The van der Waals surface area contributed by atoms with Gasteiger partial charge in [-0.05, 0) is 26.8 Å².